The third kappa shape index (κ3) is 3.67. The fourth-order valence-corrected chi connectivity index (χ4v) is 2.75. The van der Waals surface area contributed by atoms with Crippen LogP contribution in [0.2, 0.25) is 0 Å². The lowest BCUT2D eigenvalue weighted by Gasteiger charge is -2.04. The Hall–Kier alpha value is -3.59. The van der Waals surface area contributed by atoms with E-state index < -0.39 is 11.6 Å². The summed E-state index contributed by atoms with van der Waals surface area (Å²) in [6.45, 7) is 3.56. The van der Waals surface area contributed by atoms with Crippen molar-refractivity contribution < 1.29 is 13.6 Å². The van der Waals surface area contributed by atoms with Crippen LogP contribution in [0.4, 0.5) is 8.78 Å². The van der Waals surface area contributed by atoms with Gasteiger partial charge in [0.05, 0.1) is 11.4 Å². The highest BCUT2D eigenvalue weighted by Crippen LogP contribution is 2.22. The molecule has 0 amide bonds. The highest BCUT2D eigenvalue weighted by atomic mass is 19.1. The van der Waals surface area contributed by atoms with Gasteiger partial charge in [-0.05, 0) is 68.5 Å². The maximum atomic E-state index is 13.1. The molecule has 0 N–H and O–H groups in total. The van der Waals surface area contributed by atoms with Crippen LogP contribution in [-0.4, -0.2) is 15.6 Å². The number of aryl methyl sites for hydroxylation is 1. The van der Waals surface area contributed by atoms with Crippen LogP contribution in [-0.2, 0) is 0 Å². The van der Waals surface area contributed by atoms with E-state index in [0.717, 1.165) is 0 Å². The first kappa shape index (κ1) is 18.2. The molecule has 0 saturated carbocycles. The molecule has 6 heteroatoms. The molecule has 0 radical (unpaired) electrons. The van der Waals surface area contributed by atoms with Gasteiger partial charge < -0.3 is 0 Å². The van der Waals surface area contributed by atoms with Crippen LogP contribution < -0.4 is 0 Å². The zero-order valence-corrected chi connectivity index (χ0v) is 14.7. The van der Waals surface area contributed by atoms with Gasteiger partial charge in [-0.3, -0.25) is 4.79 Å². The number of rotatable bonds is 4. The summed E-state index contributed by atoms with van der Waals surface area (Å²) < 4.78 is 27.8. The Morgan fingerprint density at radius 2 is 1.59 bits per heavy atom. The fourth-order valence-electron chi connectivity index (χ4n) is 2.75. The van der Waals surface area contributed by atoms with Crippen LogP contribution in [0.1, 0.15) is 27.3 Å². The summed E-state index contributed by atoms with van der Waals surface area (Å²) in [6, 6.07) is 12.8. The summed E-state index contributed by atoms with van der Waals surface area (Å²) in [5.41, 5.74) is 2.78. The van der Waals surface area contributed by atoms with Crippen LogP contribution in [0.25, 0.3) is 11.8 Å². The molecule has 0 fully saturated rings. The van der Waals surface area contributed by atoms with E-state index in [1.54, 1.807) is 30.7 Å². The highest BCUT2D eigenvalue weighted by molar-refractivity contribution is 6.14. The molecule has 0 atom stereocenters. The van der Waals surface area contributed by atoms with Crippen molar-refractivity contribution in [2.24, 2.45) is 0 Å². The van der Waals surface area contributed by atoms with Gasteiger partial charge in [-0.2, -0.15) is 10.4 Å². The summed E-state index contributed by atoms with van der Waals surface area (Å²) in [7, 11) is 0. The van der Waals surface area contributed by atoms with Gasteiger partial charge in [0.2, 0.25) is 5.78 Å². The second kappa shape index (κ2) is 7.34. The average molecular weight is 363 g/mol. The molecule has 134 valence electrons. The normalized spacial score (nSPS) is 11.3. The van der Waals surface area contributed by atoms with Crippen LogP contribution >= 0.6 is 0 Å². The first-order chi connectivity index (χ1) is 12.9. The van der Waals surface area contributed by atoms with Crippen molar-refractivity contribution in [3.63, 3.8) is 0 Å². The van der Waals surface area contributed by atoms with Crippen molar-refractivity contribution in [2.75, 3.05) is 0 Å². The second-order valence-corrected chi connectivity index (χ2v) is 5.98. The van der Waals surface area contributed by atoms with Crippen molar-refractivity contribution in [2.45, 2.75) is 13.8 Å². The molecular formula is C21H15F2N3O. The topological polar surface area (TPSA) is 58.7 Å². The Morgan fingerprint density at radius 3 is 2.15 bits per heavy atom. The number of nitrogens with zero attached hydrogens (tertiary/aromatic N) is 3. The van der Waals surface area contributed by atoms with E-state index in [-0.39, 0.29) is 17.0 Å². The maximum Gasteiger partial charge on any atom is 0.203 e. The van der Waals surface area contributed by atoms with Crippen LogP contribution in [0.5, 0.6) is 0 Å². The number of carbonyl (C=O) groups is 1. The van der Waals surface area contributed by atoms with Crippen molar-refractivity contribution in [1.82, 2.24) is 9.78 Å². The first-order valence-corrected chi connectivity index (χ1v) is 8.15. The molecule has 1 heterocycles. The van der Waals surface area contributed by atoms with E-state index in [0.29, 0.717) is 22.6 Å². The molecule has 0 spiro atoms. The summed E-state index contributed by atoms with van der Waals surface area (Å²) in [5.74, 6) is -1.30. The number of benzene rings is 2. The van der Waals surface area contributed by atoms with Crippen molar-refractivity contribution in [3.05, 3.63) is 88.3 Å². The van der Waals surface area contributed by atoms with Crippen molar-refractivity contribution in [1.29, 1.82) is 5.26 Å². The Labute approximate surface area is 155 Å². The molecule has 0 aliphatic rings. The molecule has 3 aromatic rings. The number of allylic oxidation sites excluding steroid dienone is 1. The standard InChI is InChI=1S/C21H15F2N3O/c1-13-20(14(2)26(25-13)19-9-7-18(23)8-10-19)11-16(12-24)21(27)15-3-5-17(22)6-4-15/h3-11H,1-2H3/b16-11+. The number of ketones is 1. The van der Waals surface area contributed by atoms with E-state index in [1.807, 2.05) is 6.07 Å². The molecular weight excluding hydrogens is 348 g/mol. The number of carbonyl (C=O) groups excluding carboxylic acids is 1. The molecule has 2 aromatic carbocycles. The molecule has 3 rings (SSSR count). The number of hydrogen-bond acceptors (Lipinski definition) is 3. The minimum atomic E-state index is -0.495. The molecule has 4 nitrogen and oxygen atoms in total. The van der Waals surface area contributed by atoms with Crippen LogP contribution in [0.3, 0.4) is 0 Å². The van der Waals surface area contributed by atoms with Gasteiger partial charge in [0, 0.05) is 16.8 Å². The Morgan fingerprint density at radius 1 is 1.04 bits per heavy atom. The first-order valence-electron chi connectivity index (χ1n) is 8.15. The minimum Gasteiger partial charge on any atom is -0.288 e. The Bertz CT molecular complexity index is 1070. The molecule has 0 unspecified atom stereocenters. The predicted octanol–water partition coefficient (Wildman–Crippen LogP) is 4.56. The molecule has 0 aliphatic carbocycles. The van der Waals surface area contributed by atoms with E-state index in [1.165, 1.54) is 42.5 Å². The number of aromatic nitrogens is 2. The van der Waals surface area contributed by atoms with Crippen molar-refractivity contribution >= 4 is 11.9 Å². The SMILES string of the molecule is Cc1nn(-c2ccc(F)cc2)c(C)c1/C=C(\C#N)C(=O)c1ccc(F)cc1. The highest BCUT2D eigenvalue weighted by Gasteiger charge is 2.16. The number of nitriles is 1. The van der Waals surface area contributed by atoms with E-state index in [2.05, 4.69) is 5.10 Å². The van der Waals surface area contributed by atoms with Crippen LogP contribution in [0, 0.1) is 36.8 Å². The lowest BCUT2D eigenvalue weighted by molar-refractivity contribution is 0.104. The van der Waals surface area contributed by atoms with Gasteiger partial charge >= 0.3 is 0 Å². The summed E-state index contributed by atoms with van der Waals surface area (Å²) in [4.78, 5) is 12.5. The van der Waals surface area contributed by atoms with Gasteiger partial charge in [-0.15, -0.1) is 0 Å². The zero-order chi connectivity index (χ0) is 19.6. The van der Waals surface area contributed by atoms with E-state index in [4.69, 9.17) is 0 Å². The van der Waals surface area contributed by atoms with Gasteiger partial charge in [-0.1, -0.05) is 0 Å². The van der Waals surface area contributed by atoms with E-state index >= 15 is 0 Å². The minimum absolute atomic E-state index is 0.0773. The quantitative estimate of drug-likeness (QED) is 0.388. The fraction of sp³-hybridized carbons (Fsp3) is 0.0952. The smallest absolute Gasteiger partial charge is 0.203 e. The lowest BCUT2D eigenvalue weighted by Crippen LogP contribution is -2.02. The second-order valence-electron chi connectivity index (χ2n) is 5.98. The Balaban J connectivity index is 2.02. The summed E-state index contributed by atoms with van der Waals surface area (Å²) in [5, 5.41) is 13.8. The largest absolute Gasteiger partial charge is 0.288 e. The van der Waals surface area contributed by atoms with Crippen LogP contribution in [0.15, 0.2) is 54.1 Å². The van der Waals surface area contributed by atoms with Gasteiger partial charge in [0.15, 0.2) is 0 Å². The summed E-state index contributed by atoms with van der Waals surface area (Å²) in [6.07, 6.45) is 1.48. The molecule has 1 aromatic heterocycles. The third-order valence-corrected chi connectivity index (χ3v) is 4.18. The monoisotopic (exact) mass is 363 g/mol. The summed E-state index contributed by atoms with van der Waals surface area (Å²) >= 11 is 0. The zero-order valence-electron chi connectivity index (χ0n) is 14.7. The molecule has 27 heavy (non-hydrogen) atoms. The van der Waals surface area contributed by atoms with Gasteiger partial charge in [0.1, 0.15) is 23.3 Å². The number of halogens is 2. The van der Waals surface area contributed by atoms with Gasteiger partial charge in [0.25, 0.3) is 0 Å². The number of Topliss-reactive ketones (excluding diaryl/α,β-unsaturated/α-hetero) is 1. The number of hydrogen-bond donors (Lipinski definition) is 0. The lowest BCUT2D eigenvalue weighted by atomic mass is 10.0. The van der Waals surface area contributed by atoms with E-state index in [9.17, 15) is 18.8 Å². The van der Waals surface area contributed by atoms with Crippen molar-refractivity contribution in [3.8, 4) is 11.8 Å². The third-order valence-electron chi connectivity index (χ3n) is 4.18. The maximum absolute atomic E-state index is 13.1. The molecule has 0 bridgehead atoms. The van der Waals surface area contributed by atoms with Gasteiger partial charge in [-0.25, -0.2) is 13.5 Å². The average Bonchev–Trinajstić information content (AvgIpc) is 2.94. The molecule has 0 aliphatic heterocycles. The predicted molar refractivity (Wildman–Crippen MR) is 97.3 cm³/mol. The molecule has 0 saturated heterocycles. The Kier molecular flexibility index (Phi) is 4.95.